The Kier molecular flexibility index (Phi) is 9.11. The van der Waals surface area contributed by atoms with E-state index in [1.54, 1.807) is 26.8 Å². The van der Waals surface area contributed by atoms with Crippen LogP contribution in [0, 0.1) is 5.92 Å². The average Bonchev–Trinajstić information content (AvgIpc) is 3.19. The van der Waals surface area contributed by atoms with Crippen molar-refractivity contribution >= 4 is 60.3 Å². The minimum Gasteiger partial charge on any atom is -0.347 e. The van der Waals surface area contributed by atoms with Crippen molar-refractivity contribution in [1.29, 1.82) is 0 Å². The van der Waals surface area contributed by atoms with E-state index in [-0.39, 0.29) is 31.9 Å². The van der Waals surface area contributed by atoms with Gasteiger partial charge in [0.1, 0.15) is 14.7 Å². The van der Waals surface area contributed by atoms with E-state index in [2.05, 4.69) is 10.0 Å². The van der Waals surface area contributed by atoms with Crippen molar-refractivity contribution in [2.24, 2.45) is 5.92 Å². The number of nitrogens with zero attached hydrogens (tertiary/aromatic N) is 1. The van der Waals surface area contributed by atoms with Crippen LogP contribution in [0.25, 0.3) is 10.4 Å². The van der Waals surface area contributed by atoms with Gasteiger partial charge in [-0.3, -0.25) is 4.79 Å². The normalized spacial score (nSPS) is 21.0. The minimum absolute atomic E-state index is 0.0870. The first-order valence-electron chi connectivity index (χ1n) is 13.1. The largest absolute Gasteiger partial charge is 0.347 e. The van der Waals surface area contributed by atoms with Gasteiger partial charge >= 0.3 is 0 Å². The van der Waals surface area contributed by atoms with Crippen molar-refractivity contribution in [3.05, 3.63) is 32.9 Å². The van der Waals surface area contributed by atoms with Crippen LogP contribution in [0.5, 0.6) is 0 Å². The Morgan fingerprint density at radius 1 is 1.05 bits per heavy atom. The van der Waals surface area contributed by atoms with Crippen LogP contribution in [0.15, 0.2) is 17.0 Å². The fraction of sp³-hybridized carbons (Fsp3) is 0.615. The van der Waals surface area contributed by atoms with Gasteiger partial charge in [0.2, 0.25) is 10.0 Å². The van der Waals surface area contributed by atoms with Crippen LogP contribution < -0.4 is 10.0 Å². The standard InChI is InChI=1S/C26H35Cl2N3O5S3/c1-26(2,3)31-39(35,36)20-11-10-18(21(27)22(20)28)23-19(12-15-8-6-5-7-9-15)30-25(37-23)24(32)29-16-13-17(14-16)38(4,33)34/h10-11,15-17,31H,5-9,12-14H2,1-4H3,(H,29,32). The lowest BCUT2D eigenvalue weighted by molar-refractivity contribution is 0.0917. The van der Waals surface area contributed by atoms with E-state index in [0.717, 1.165) is 31.4 Å². The molecule has 13 heteroatoms. The Balaban J connectivity index is 1.65. The molecule has 2 aliphatic rings. The second kappa shape index (κ2) is 11.6. The molecule has 1 aromatic carbocycles. The predicted octanol–water partition coefficient (Wildman–Crippen LogP) is 5.62. The molecule has 1 heterocycles. The van der Waals surface area contributed by atoms with Gasteiger partial charge in [-0.1, -0.05) is 61.4 Å². The van der Waals surface area contributed by atoms with E-state index in [1.165, 1.54) is 30.1 Å². The number of aromatic nitrogens is 1. The zero-order chi connectivity index (χ0) is 28.8. The summed E-state index contributed by atoms with van der Waals surface area (Å²) in [5.74, 6) is 0.0754. The third kappa shape index (κ3) is 7.35. The number of thiazole rings is 1. The number of hydrogen-bond acceptors (Lipinski definition) is 7. The lowest BCUT2D eigenvalue weighted by Crippen LogP contribution is -2.49. The maximum Gasteiger partial charge on any atom is 0.280 e. The summed E-state index contributed by atoms with van der Waals surface area (Å²) in [5.41, 5.74) is 0.558. The summed E-state index contributed by atoms with van der Waals surface area (Å²) in [6, 6.07) is 2.83. The molecule has 0 aliphatic heterocycles. The molecule has 2 saturated carbocycles. The van der Waals surface area contributed by atoms with Crippen molar-refractivity contribution in [3.8, 4) is 10.4 Å². The van der Waals surface area contributed by atoms with E-state index >= 15 is 0 Å². The first-order chi connectivity index (χ1) is 18.0. The van der Waals surface area contributed by atoms with Crippen LogP contribution in [0.2, 0.25) is 10.0 Å². The highest BCUT2D eigenvalue weighted by Gasteiger charge is 2.37. The lowest BCUT2D eigenvalue weighted by Gasteiger charge is -2.34. The van der Waals surface area contributed by atoms with E-state index in [4.69, 9.17) is 28.2 Å². The molecular weight excluding hydrogens is 601 g/mol. The van der Waals surface area contributed by atoms with Gasteiger partial charge in [-0.2, -0.15) is 0 Å². The number of carbonyl (C=O) groups is 1. The summed E-state index contributed by atoms with van der Waals surface area (Å²) >= 11 is 14.4. The van der Waals surface area contributed by atoms with Crippen molar-refractivity contribution < 1.29 is 21.6 Å². The van der Waals surface area contributed by atoms with Gasteiger partial charge in [0, 0.05) is 23.4 Å². The predicted molar refractivity (Wildman–Crippen MR) is 157 cm³/mol. The topological polar surface area (TPSA) is 122 Å². The zero-order valence-corrected chi connectivity index (χ0v) is 26.5. The summed E-state index contributed by atoms with van der Waals surface area (Å²) in [5, 5.41) is 2.73. The summed E-state index contributed by atoms with van der Waals surface area (Å²) in [7, 11) is -7.05. The molecule has 4 rings (SSSR count). The van der Waals surface area contributed by atoms with Gasteiger partial charge in [-0.15, -0.1) is 11.3 Å². The third-order valence-corrected chi connectivity index (χ3v) is 12.7. The molecule has 1 amide bonds. The summed E-state index contributed by atoms with van der Waals surface area (Å²) in [6.07, 6.45) is 8.35. The van der Waals surface area contributed by atoms with Crippen molar-refractivity contribution in [2.45, 2.75) is 93.9 Å². The highest BCUT2D eigenvalue weighted by Crippen LogP contribution is 2.43. The molecule has 2 aliphatic carbocycles. The number of halogens is 2. The van der Waals surface area contributed by atoms with Crippen LogP contribution in [0.1, 0.15) is 81.2 Å². The van der Waals surface area contributed by atoms with Crippen LogP contribution >= 0.6 is 34.5 Å². The van der Waals surface area contributed by atoms with Crippen LogP contribution in [-0.4, -0.2) is 50.8 Å². The Morgan fingerprint density at radius 2 is 1.69 bits per heavy atom. The van der Waals surface area contributed by atoms with Gasteiger partial charge in [0.15, 0.2) is 5.01 Å². The summed E-state index contributed by atoms with van der Waals surface area (Å²) in [4.78, 5) is 18.4. The van der Waals surface area contributed by atoms with Crippen LogP contribution in [-0.2, 0) is 26.3 Å². The van der Waals surface area contributed by atoms with Gasteiger partial charge in [0.25, 0.3) is 5.91 Å². The number of carbonyl (C=O) groups excluding carboxylic acids is 1. The highest BCUT2D eigenvalue weighted by atomic mass is 35.5. The SMILES string of the molecule is CC(C)(C)NS(=O)(=O)c1ccc(-c2sc(C(=O)NC3CC(S(C)(=O)=O)C3)nc2CC2CCCCC2)c(Cl)c1Cl. The average molecular weight is 637 g/mol. The van der Waals surface area contributed by atoms with Crippen LogP contribution in [0.3, 0.4) is 0 Å². The number of sulfonamides is 1. The highest BCUT2D eigenvalue weighted by molar-refractivity contribution is 7.91. The monoisotopic (exact) mass is 635 g/mol. The van der Waals surface area contributed by atoms with Crippen molar-refractivity contribution in [3.63, 3.8) is 0 Å². The molecule has 2 fully saturated rings. The van der Waals surface area contributed by atoms with Gasteiger partial charge < -0.3 is 5.32 Å². The molecule has 0 saturated heterocycles. The molecule has 0 radical (unpaired) electrons. The Labute approximate surface area is 245 Å². The maximum atomic E-state index is 13.1. The number of sulfone groups is 1. The second-order valence-corrected chi connectivity index (χ2v) is 17.4. The molecule has 2 aromatic rings. The van der Waals surface area contributed by atoms with E-state index < -0.39 is 30.6 Å². The molecule has 39 heavy (non-hydrogen) atoms. The number of benzene rings is 1. The first-order valence-corrected chi connectivity index (χ1v) is 18.1. The molecular formula is C26H35Cl2N3O5S3. The van der Waals surface area contributed by atoms with Crippen molar-refractivity contribution in [2.75, 3.05) is 6.26 Å². The Bertz CT molecular complexity index is 1450. The number of hydrogen-bond donors (Lipinski definition) is 2. The molecule has 0 spiro atoms. The quantitative estimate of drug-likeness (QED) is 0.388. The molecule has 1 aromatic heterocycles. The molecule has 0 bridgehead atoms. The summed E-state index contributed by atoms with van der Waals surface area (Å²) in [6.45, 7) is 5.21. The van der Waals surface area contributed by atoms with Crippen LogP contribution in [0.4, 0.5) is 0 Å². The maximum absolute atomic E-state index is 13.1. The van der Waals surface area contributed by atoms with E-state index in [9.17, 15) is 21.6 Å². The first kappa shape index (κ1) is 30.7. The summed E-state index contributed by atoms with van der Waals surface area (Å²) < 4.78 is 52.0. The number of nitrogens with one attached hydrogen (secondary N) is 2. The van der Waals surface area contributed by atoms with E-state index in [0.29, 0.717) is 35.6 Å². The molecule has 8 nitrogen and oxygen atoms in total. The van der Waals surface area contributed by atoms with Gasteiger partial charge in [-0.05, 0) is 52.0 Å². The zero-order valence-electron chi connectivity index (χ0n) is 22.5. The molecule has 0 unspecified atom stereocenters. The Hall–Kier alpha value is -1.24. The Morgan fingerprint density at radius 3 is 2.28 bits per heavy atom. The fourth-order valence-electron chi connectivity index (χ4n) is 5.12. The molecule has 216 valence electrons. The molecule has 2 N–H and O–H groups in total. The van der Waals surface area contributed by atoms with Crippen molar-refractivity contribution in [1.82, 2.24) is 15.0 Å². The number of amides is 1. The number of rotatable bonds is 8. The van der Waals surface area contributed by atoms with Gasteiger partial charge in [0.05, 0.1) is 25.9 Å². The minimum atomic E-state index is -3.92. The van der Waals surface area contributed by atoms with E-state index in [1.807, 2.05) is 0 Å². The smallest absolute Gasteiger partial charge is 0.280 e. The molecule has 0 atom stereocenters. The second-order valence-electron chi connectivity index (χ2n) is 11.7. The lowest BCUT2D eigenvalue weighted by atomic mass is 9.85. The fourth-order valence-corrected chi connectivity index (χ4v) is 9.65. The third-order valence-electron chi connectivity index (χ3n) is 7.16. The van der Waals surface area contributed by atoms with Gasteiger partial charge in [-0.25, -0.2) is 26.5 Å².